The highest BCUT2D eigenvalue weighted by molar-refractivity contribution is 7.07. The largest absolute Gasteiger partial charge is 0.391 e. The van der Waals surface area contributed by atoms with Gasteiger partial charge in [0.2, 0.25) is 0 Å². The zero-order valence-electron chi connectivity index (χ0n) is 19.3. The molecule has 3 aromatic rings. The highest BCUT2D eigenvalue weighted by Crippen LogP contribution is 2.43. The van der Waals surface area contributed by atoms with E-state index in [4.69, 9.17) is 5.10 Å². The maximum atomic E-state index is 13.1. The number of likely N-dealkylation sites (tertiary alicyclic amines) is 1. The summed E-state index contributed by atoms with van der Waals surface area (Å²) in [5.41, 5.74) is 5.55. The van der Waals surface area contributed by atoms with Crippen LogP contribution in [0.2, 0.25) is 0 Å². The van der Waals surface area contributed by atoms with Crippen LogP contribution in [-0.2, 0) is 0 Å². The van der Waals surface area contributed by atoms with Crippen LogP contribution in [-0.4, -0.2) is 49.7 Å². The number of nitrogens with zero attached hydrogens (tertiary/aromatic N) is 5. The third-order valence-corrected chi connectivity index (χ3v) is 8.07. The first kappa shape index (κ1) is 23.3. The Balaban J connectivity index is 1.42. The predicted molar refractivity (Wildman–Crippen MR) is 123 cm³/mol. The van der Waals surface area contributed by atoms with E-state index in [0.717, 1.165) is 29.1 Å². The Bertz CT molecular complexity index is 1170. The molecule has 182 valence electrons. The number of carbonyl (C=O) groups excluding carboxylic acids is 1. The average Bonchev–Trinajstić information content (AvgIpc) is 3.48. The van der Waals surface area contributed by atoms with E-state index in [1.54, 1.807) is 10.9 Å². The summed E-state index contributed by atoms with van der Waals surface area (Å²) in [6.45, 7) is 5.39. The lowest BCUT2D eigenvalue weighted by Crippen LogP contribution is -2.42. The van der Waals surface area contributed by atoms with E-state index in [-0.39, 0.29) is 30.6 Å². The van der Waals surface area contributed by atoms with Crippen molar-refractivity contribution in [3.05, 3.63) is 45.8 Å². The molecule has 3 aromatic heterocycles. The molecule has 10 heteroatoms. The number of thiazole rings is 1. The van der Waals surface area contributed by atoms with E-state index in [2.05, 4.69) is 16.9 Å². The smallest absolute Gasteiger partial charge is 0.337 e. The number of aromatic nitrogens is 4. The van der Waals surface area contributed by atoms with Gasteiger partial charge >= 0.3 is 6.18 Å². The molecule has 0 radical (unpaired) electrons. The predicted octanol–water partition coefficient (Wildman–Crippen LogP) is 5.60. The summed E-state index contributed by atoms with van der Waals surface area (Å²) in [5.74, 6) is -0.822. The van der Waals surface area contributed by atoms with Crippen LogP contribution in [0.5, 0.6) is 0 Å². The minimum atomic E-state index is -4.12. The number of piperidine rings is 1. The molecule has 2 fully saturated rings. The Morgan fingerprint density at radius 2 is 1.91 bits per heavy atom. The zero-order chi connectivity index (χ0) is 24.0. The van der Waals surface area contributed by atoms with Gasteiger partial charge in [0.05, 0.1) is 22.8 Å². The summed E-state index contributed by atoms with van der Waals surface area (Å²) in [6, 6.07) is 3.96. The Morgan fingerprint density at radius 3 is 2.59 bits per heavy atom. The fourth-order valence-electron chi connectivity index (χ4n) is 5.45. The fraction of sp³-hybridized carbons (Fsp3) is 0.583. The molecule has 0 bridgehead atoms. The number of fused-ring (bicyclic) bond motifs is 1. The van der Waals surface area contributed by atoms with E-state index in [0.29, 0.717) is 37.5 Å². The summed E-state index contributed by atoms with van der Waals surface area (Å²) < 4.78 is 41.1. The molecule has 1 saturated carbocycles. The molecule has 0 N–H and O–H groups in total. The van der Waals surface area contributed by atoms with E-state index in [1.165, 1.54) is 11.3 Å². The number of hydrogen-bond acceptors (Lipinski definition) is 5. The van der Waals surface area contributed by atoms with Crippen LogP contribution in [0.3, 0.4) is 0 Å². The Labute approximate surface area is 200 Å². The topological polar surface area (TPSA) is 63.4 Å². The van der Waals surface area contributed by atoms with Crippen molar-refractivity contribution in [1.82, 2.24) is 24.5 Å². The first-order valence-corrected chi connectivity index (χ1v) is 12.8. The van der Waals surface area contributed by atoms with Crippen molar-refractivity contribution in [3.8, 4) is 0 Å². The van der Waals surface area contributed by atoms with Gasteiger partial charge < -0.3 is 4.90 Å². The van der Waals surface area contributed by atoms with Crippen molar-refractivity contribution in [2.24, 2.45) is 11.8 Å². The van der Waals surface area contributed by atoms with Crippen LogP contribution in [0.25, 0.3) is 5.65 Å². The van der Waals surface area contributed by atoms with Crippen molar-refractivity contribution < 1.29 is 18.0 Å². The number of carbonyl (C=O) groups is 1. The molecular weight excluding hydrogens is 463 g/mol. The van der Waals surface area contributed by atoms with Crippen molar-refractivity contribution in [2.75, 3.05) is 13.1 Å². The van der Waals surface area contributed by atoms with Crippen molar-refractivity contribution in [1.29, 1.82) is 0 Å². The summed E-state index contributed by atoms with van der Waals surface area (Å²) in [5, 5.41) is 6.63. The molecule has 0 aromatic carbocycles. The van der Waals surface area contributed by atoms with E-state index in [1.807, 2.05) is 28.5 Å². The van der Waals surface area contributed by atoms with E-state index < -0.39 is 12.1 Å². The SMILES string of the molecule is Cc1cc([C@H]2CN(C(=O)c3cscn3)CC[C@@H]2C)n2nc(C3CCC(C(F)(F)F)CC3)cc2n1. The molecule has 0 unspecified atom stereocenters. The maximum Gasteiger partial charge on any atom is 0.391 e. The first-order chi connectivity index (χ1) is 16.2. The Morgan fingerprint density at radius 1 is 1.15 bits per heavy atom. The van der Waals surface area contributed by atoms with E-state index >= 15 is 0 Å². The minimum Gasteiger partial charge on any atom is -0.337 e. The van der Waals surface area contributed by atoms with Gasteiger partial charge in [0.25, 0.3) is 5.91 Å². The molecule has 2 aliphatic rings. The molecule has 6 nitrogen and oxygen atoms in total. The molecule has 4 heterocycles. The highest BCUT2D eigenvalue weighted by atomic mass is 32.1. The van der Waals surface area contributed by atoms with Gasteiger partial charge in [-0.25, -0.2) is 14.5 Å². The number of amides is 1. The molecular formula is C24H28F3N5OS. The lowest BCUT2D eigenvalue weighted by molar-refractivity contribution is -0.182. The van der Waals surface area contributed by atoms with Crippen molar-refractivity contribution in [2.45, 2.75) is 64.0 Å². The van der Waals surface area contributed by atoms with Gasteiger partial charge in [-0.05, 0) is 51.0 Å². The van der Waals surface area contributed by atoms with E-state index in [9.17, 15) is 18.0 Å². The third-order valence-electron chi connectivity index (χ3n) is 7.49. The first-order valence-electron chi connectivity index (χ1n) is 11.8. The number of alkyl halides is 3. The van der Waals surface area contributed by atoms with Crippen LogP contribution in [0.1, 0.15) is 78.4 Å². The molecule has 1 aliphatic carbocycles. The average molecular weight is 492 g/mol. The molecule has 5 rings (SSSR count). The van der Waals surface area contributed by atoms with Crippen LogP contribution in [0.15, 0.2) is 23.0 Å². The van der Waals surface area contributed by atoms with Crippen LogP contribution in [0, 0.1) is 18.8 Å². The summed E-state index contributed by atoms with van der Waals surface area (Å²) in [7, 11) is 0. The molecule has 0 spiro atoms. The summed E-state index contributed by atoms with van der Waals surface area (Å²) in [6.07, 6.45) is -1.98. The van der Waals surface area contributed by atoms with Crippen LogP contribution < -0.4 is 0 Å². The fourth-order valence-corrected chi connectivity index (χ4v) is 5.97. The van der Waals surface area contributed by atoms with Gasteiger partial charge in [0.1, 0.15) is 5.69 Å². The maximum absolute atomic E-state index is 13.1. The second-order valence-electron chi connectivity index (χ2n) is 9.75. The van der Waals surface area contributed by atoms with Crippen molar-refractivity contribution >= 4 is 22.9 Å². The lowest BCUT2D eigenvalue weighted by Gasteiger charge is -2.37. The number of rotatable bonds is 3. The zero-order valence-corrected chi connectivity index (χ0v) is 20.1. The second-order valence-corrected chi connectivity index (χ2v) is 10.5. The van der Waals surface area contributed by atoms with Crippen LogP contribution >= 0.6 is 11.3 Å². The Hall–Kier alpha value is -2.49. The molecule has 1 amide bonds. The lowest BCUT2D eigenvalue weighted by atomic mass is 9.80. The molecule has 2 atom stereocenters. The standard InChI is InChI=1S/C24H28F3N5OS/c1-14-7-8-31(23(33)20-12-34-13-28-20)11-18(14)21-9-15(2)29-22-10-19(30-32(21)22)16-3-5-17(6-4-16)24(25,26)27/h9-10,12-14,16-18H,3-8,11H2,1-2H3/t14-,16?,17?,18-/m0/s1. The monoisotopic (exact) mass is 491 g/mol. The van der Waals surface area contributed by atoms with Gasteiger partial charge in [-0.15, -0.1) is 11.3 Å². The molecule has 34 heavy (non-hydrogen) atoms. The second kappa shape index (κ2) is 8.94. The van der Waals surface area contributed by atoms with Crippen LogP contribution in [0.4, 0.5) is 13.2 Å². The third kappa shape index (κ3) is 4.44. The van der Waals surface area contributed by atoms with Gasteiger partial charge in [-0.1, -0.05) is 6.92 Å². The number of halogens is 3. The molecule has 1 saturated heterocycles. The normalized spacial score (nSPS) is 26.2. The van der Waals surface area contributed by atoms with Gasteiger partial charge in [-0.2, -0.15) is 18.3 Å². The summed E-state index contributed by atoms with van der Waals surface area (Å²) >= 11 is 1.41. The Kier molecular flexibility index (Phi) is 6.12. The minimum absolute atomic E-state index is 0.0139. The van der Waals surface area contributed by atoms with Gasteiger partial charge in [-0.3, -0.25) is 4.79 Å². The number of aryl methyl sites for hydroxylation is 1. The molecule has 1 aliphatic heterocycles. The van der Waals surface area contributed by atoms with Gasteiger partial charge in [0.15, 0.2) is 5.65 Å². The highest BCUT2D eigenvalue weighted by Gasteiger charge is 2.42. The van der Waals surface area contributed by atoms with Gasteiger partial charge in [0, 0.05) is 42.1 Å². The number of hydrogen-bond donors (Lipinski definition) is 0. The quantitative estimate of drug-likeness (QED) is 0.479. The summed E-state index contributed by atoms with van der Waals surface area (Å²) in [4.78, 5) is 23.6. The van der Waals surface area contributed by atoms with Crippen molar-refractivity contribution in [3.63, 3.8) is 0 Å².